The number of benzene rings is 2. The first-order valence-corrected chi connectivity index (χ1v) is 8.16. The summed E-state index contributed by atoms with van der Waals surface area (Å²) < 4.78 is 0. The average Bonchev–Trinajstić information content (AvgIpc) is 2.62. The van der Waals surface area contributed by atoms with Crippen molar-refractivity contribution in [2.45, 2.75) is 13.5 Å². The fourth-order valence-electron chi connectivity index (χ4n) is 2.25. The van der Waals surface area contributed by atoms with Crippen LogP contribution in [0.15, 0.2) is 60.9 Å². The van der Waals surface area contributed by atoms with Gasteiger partial charge < -0.3 is 10.6 Å². The number of ketones is 1. The number of halogens is 1. The molecular weight excluding hydrogens is 336 g/mol. The van der Waals surface area contributed by atoms with Crippen LogP contribution in [0.1, 0.15) is 22.8 Å². The number of nitrogens with zero attached hydrogens (tertiary/aromatic N) is 2. The molecular formula is C19H17ClN4O. The molecule has 0 aliphatic heterocycles. The summed E-state index contributed by atoms with van der Waals surface area (Å²) in [5.74, 6) is 1.43. The summed E-state index contributed by atoms with van der Waals surface area (Å²) in [5.41, 5.74) is 2.64. The maximum atomic E-state index is 11.3. The van der Waals surface area contributed by atoms with Gasteiger partial charge in [0.1, 0.15) is 18.0 Å². The van der Waals surface area contributed by atoms with E-state index >= 15 is 0 Å². The second-order valence-electron chi connectivity index (χ2n) is 5.53. The lowest BCUT2D eigenvalue weighted by Crippen LogP contribution is -2.03. The zero-order valence-corrected chi connectivity index (χ0v) is 14.4. The van der Waals surface area contributed by atoms with Crippen LogP contribution in [0.3, 0.4) is 0 Å². The molecule has 0 aliphatic carbocycles. The lowest BCUT2D eigenvalue weighted by Gasteiger charge is -2.09. The Balaban J connectivity index is 1.64. The van der Waals surface area contributed by atoms with Crippen molar-refractivity contribution in [3.05, 3.63) is 77.1 Å². The Bertz CT molecular complexity index is 863. The normalized spacial score (nSPS) is 10.3. The molecule has 0 bridgehead atoms. The SMILES string of the molecule is CC(=O)c1ccc(Nc2cc(NCc3ccc(Cl)cc3)ncn2)cc1. The van der Waals surface area contributed by atoms with E-state index in [1.807, 2.05) is 42.5 Å². The van der Waals surface area contributed by atoms with Gasteiger partial charge in [0.25, 0.3) is 0 Å². The maximum absolute atomic E-state index is 11.3. The van der Waals surface area contributed by atoms with Crippen LogP contribution in [0.5, 0.6) is 0 Å². The van der Waals surface area contributed by atoms with Crippen molar-refractivity contribution in [1.82, 2.24) is 9.97 Å². The molecule has 1 aromatic heterocycles. The number of Topliss-reactive ketones (excluding diaryl/α,β-unsaturated/α-hetero) is 1. The summed E-state index contributed by atoms with van der Waals surface area (Å²) >= 11 is 5.89. The zero-order chi connectivity index (χ0) is 17.6. The molecule has 2 N–H and O–H groups in total. The van der Waals surface area contributed by atoms with Crippen LogP contribution in [-0.4, -0.2) is 15.8 Å². The van der Waals surface area contributed by atoms with Crippen LogP contribution in [0.4, 0.5) is 17.3 Å². The monoisotopic (exact) mass is 352 g/mol. The Morgan fingerprint density at radius 1 is 1.00 bits per heavy atom. The van der Waals surface area contributed by atoms with Crippen LogP contribution in [0.25, 0.3) is 0 Å². The Morgan fingerprint density at radius 2 is 1.68 bits per heavy atom. The zero-order valence-electron chi connectivity index (χ0n) is 13.7. The average molecular weight is 353 g/mol. The summed E-state index contributed by atoms with van der Waals surface area (Å²) in [4.78, 5) is 19.7. The quantitative estimate of drug-likeness (QED) is 0.630. The molecule has 0 unspecified atom stereocenters. The van der Waals surface area contributed by atoms with E-state index in [1.54, 1.807) is 19.1 Å². The number of hydrogen-bond acceptors (Lipinski definition) is 5. The maximum Gasteiger partial charge on any atom is 0.159 e. The molecule has 6 heteroatoms. The van der Waals surface area contributed by atoms with Gasteiger partial charge in [0, 0.05) is 28.9 Å². The van der Waals surface area contributed by atoms with Crippen LogP contribution >= 0.6 is 11.6 Å². The third-order valence-electron chi connectivity index (χ3n) is 3.62. The molecule has 25 heavy (non-hydrogen) atoms. The molecule has 126 valence electrons. The number of carbonyl (C=O) groups excluding carboxylic acids is 1. The minimum absolute atomic E-state index is 0.0438. The molecule has 0 spiro atoms. The lowest BCUT2D eigenvalue weighted by atomic mass is 10.1. The van der Waals surface area contributed by atoms with Gasteiger partial charge >= 0.3 is 0 Å². The first-order chi connectivity index (χ1) is 12.1. The summed E-state index contributed by atoms with van der Waals surface area (Å²) in [6, 6.07) is 16.7. The van der Waals surface area contributed by atoms with Gasteiger partial charge in [-0.05, 0) is 48.9 Å². The number of anilines is 3. The summed E-state index contributed by atoms with van der Waals surface area (Å²) in [7, 11) is 0. The second-order valence-corrected chi connectivity index (χ2v) is 5.96. The smallest absolute Gasteiger partial charge is 0.159 e. The van der Waals surface area contributed by atoms with Crippen LogP contribution in [-0.2, 0) is 6.54 Å². The van der Waals surface area contributed by atoms with E-state index in [1.165, 1.54) is 6.33 Å². The molecule has 0 saturated heterocycles. The van der Waals surface area contributed by atoms with E-state index in [4.69, 9.17) is 11.6 Å². The first-order valence-electron chi connectivity index (χ1n) is 7.78. The Hall–Kier alpha value is -2.92. The van der Waals surface area contributed by atoms with Gasteiger partial charge in [-0.3, -0.25) is 4.79 Å². The van der Waals surface area contributed by atoms with E-state index in [9.17, 15) is 4.79 Å². The van der Waals surface area contributed by atoms with Crippen molar-refractivity contribution >= 4 is 34.7 Å². The van der Waals surface area contributed by atoms with E-state index in [-0.39, 0.29) is 5.78 Å². The summed E-state index contributed by atoms with van der Waals surface area (Å²) in [6.45, 7) is 2.19. The molecule has 3 aromatic rings. The predicted molar refractivity (Wildman–Crippen MR) is 101 cm³/mol. The van der Waals surface area contributed by atoms with Crippen LogP contribution < -0.4 is 10.6 Å². The Kier molecular flexibility index (Phi) is 5.26. The number of hydrogen-bond donors (Lipinski definition) is 2. The highest BCUT2D eigenvalue weighted by Gasteiger charge is 2.02. The predicted octanol–water partition coefficient (Wildman–Crippen LogP) is 4.69. The third-order valence-corrected chi connectivity index (χ3v) is 3.87. The van der Waals surface area contributed by atoms with E-state index in [0.29, 0.717) is 28.8 Å². The highest BCUT2D eigenvalue weighted by atomic mass is 35.5. The minimum atomic E-state index is 0.0438. The van der Waals surface area contributed by atoms with Crippen molar-refractivity contribution in [3.8, 4) is 0 Å². The van der Waals surface area contributed by atoms with Crippen LogP contribution in [0, 0.1) is 0 Å². The molecule has 0 radical (unpaired) electrons. The number of rotatable bonds is 6. The van der Waals surface area contributed by atoms with E-state index in [2.05, 4.69) is 20.6 Å². The van der Waals surface area contributed by atoms with Crippen molar-refractivity contribution in [2.24, 2.45) is 0 Å². The van der Waals surface area contributed by atoms with Gasteiger partial charge in [-0.15, -0.1) is 0 Å². The Labute approximate surface area is 151 Å². The number of carbonyl (C=O) groups is 1. The molecule has 0 atom stereocenters. The second kappa shape index (κ2) is 7.77. The number of nitrogens with one attached hydrogen (secondary N) is 2. The van der Waals surface area contributed by atoms with Gasteiger partial charge in [0.15, 0.2) is 5.78 Å². The lowest BCUT2D eigenvalue weighted by molar-refractivity contribution is 0.101. The molecule has 3 rings (SSSR count). The van der Waals surface area contributed by atoms with Crippen molar-refractivity contribution in [1.29, 1.82) is 0 Å². The molecule has 5 nitrogen and oxygen atoms in total. The van der Waals surface area contributed by atoms with Crippen molar-refractivity contribution < 1.29 is 4.79 Å². The molecule has 0 amide bonds. The standard InChI is InChI=1S/C19H17ClN4O/c1-13(25)15-4-8-17(9-5-15)24-19-10-18(22-12-23-19)21-11-14-2-6-16(20)7-3-14/h2-10,12H,11H2,1H3,(H2,21,22,23,24). The van der Waals surface area contributed by atoms with Crippen LogP contribution in [0.2, 0.25) is 5.02 Å². The third kappa shape index (κ3) is 4.78. The van der Waals surface area contributed by atoms with Gasteiger partial charge in [-0.2, -0.15) is 0 Å². The fraction of sp³-hybridized carbons (Fsp3) is 0.105. The molecule has 0 saturated carbocycles. The molecule has 0 aliphatic rings. The molecule has 2 aromatic carbocycles. The summed E-state index contributed by atoms with van der Waals surface area (Å²) in [5, 5.41) is 7.16. The minimum Gasteiger partial charge on any atom is -0.366 e. The van der Waals surface area contributed by atoms with E-state index in [0.717, 1.165) is 11.3 Å². The van der Waals surface area contributed by atoms with Crippen molar-refractivity contribution in [2.75, 3.05) is 10.6 Å². The van der Waals surface area contributed by atoms with Gasteiger partial charge in [0.05, 0.1) is 0 Å². The van der Waals surface area contributed by atoms with Gasteiger partial charge in [-0.25, -0.2) is 9.97 Å². The highest BCUT2D eigenvalue weighted by molar-refractivity contribution is 6.30. The fourth-order valence-corrected chi connectivity index (χ4v) is 2.38. The first kappa shape index (κ1) is 16.9. The molecule has 0 fully saturated rings. The van der Waals surface area contributed by atoms with Crippen molar-refractivity contribution in [3.63, 3.8) is 0 Å². The summed E-state index contributed by atoms with van der Waals surface area (Å²) in [6.07, 6.45) is 1.50. The van der Waals surface area contributed by atoms with Gasteiger partial charge in [0.2, 0.25) is 0 Å². The molecule has 1 heterocycles. The topological polar surface area (TPSA) is 66.9 Å². The Morgan fingerprint density at radius 3 is 2.36 bits per heavy atom. The van der Waals surface area contributed by atoms with E-state index < -0.39 is 0 Å². The van der Waals surface area contributed by atoms with Gasteiger partial charge in [-0.1, -0.05) is 23.7 Å². The largest absolute Gasteiger partial charge is 0.366 e. The number of aromatic nitrogens is 2. The highest BCUT2D eigenvalue weighted by Crippen LogP contribution is 2.18.